The Hall–Kier alpha value is -2.22. The Morgan fingerprint density at radius 2 is 1.93 bits per heavy atom. The predicted molar refractivity (Wildman–Crippen MR) is 104 cm³/mol. The molecular weight excluding hydrogens is 340 g/mol. The Labute approximate surface area is 159 Å². The van der Waals surface area contributed by atoms with E-state index in [0.717, 1.165) is 24.1 Å². The van der Waals surface area contributed by atoms with Crippen molar-refractivity contribution in [2.45, 2.75) is 57.4 Å². The van der Waals surface area contributed by atoms with Crippen LogP contribution in [0.1, 0.15) is 32.3 Å². The van der Waals surface area contributed by atoms with Crippen LogP contribution in [0.3, 0.4) is 0 Å². The quantitative estimate of drug-likeness (QED) is 0.713. The minimum absolute atomic E-state index is 0.0409. The third-order valence-corrected chi connectivity index (χ3v) is 5.67. The second kappa shape index (κ2) is 7.42. The van der Waals surface area contributed by atoms with Crippen molar-refractivity contribution in [1.82, 2.24) is 25.5 Å². The van der Waals surface area contributed by atoms with Gasteiger partial charge in [-0.1, -0.05) is 18.2 Å². The van der Waals surface area contributed by atoms with Crippen LogP contribution < -0.4 is 16.6 Å². The summed E-state index contributed by atoms with van der Waals surface area (Å²) in [6, 6.07) is 10.1. The van der Waals surface area contributed by atoms with Crippen molar-refractivity contribution in [3.63, 3.8) is 0 Å². The van der Waals surface area contributed by atoms with E-state index in [4.69, 9.17) is 5.73 Å². The molecule has 0 spiro atoms. The summed E-state index contributed by atoms with van der Waals surface area (Å²) >= 11 is 0. The molecule has 7 heteroatoms. The monoisotopic (exact) mass is 368 g/mol. The zero-order chi connectivity index (χ0) is 19.0. The Bertz CT molecular complexity index is 777. The molecule has 144 valence electrons. The largest absolute Gasteiger partial charge is 0.334 e. The number of carbonyl (C=O) groups is 1. The lowest BCUT2D eigenvalue weighted by atomic mass is 9.88. The summed E-state index contributed by atoms with van der Waals surface area (Å²) in [5.41, 5.74) is 14.9. The maximum absolute atomic E-state index is 13.2. The van der Waals surface area contributed by atoms with Gasteiger partial charge in [0.05, 0.1) is 17.9 Å². The van der Waals surface area contributed by atoms with Gasteiger partial charge in [0.15, 0.2) is 0 Å². The summed E-state index contributed by atoms with van der Waals surface area (Å²) in [6.45, 7) is 4.69. The third kappa shape index (κ3) is 3.76. The highest BCUT2D eigenvalue weighted by Gasteiger charge is 2.42. The Morgan fingerprint density at radius 1 is 1.26 bits per heavy atom. The highest BCUT2D eigenvalue weighted by molar-refractivity contribution is 5.83. The summed E-state index contributed by atoms with van der Waals surface area (Å²) < 4.78 is 1.85. The lowest BCUT2D eigenvalue weighted by Crippen LogP contribution is -2.52. The highest BCUT2D eigenvalue weighted by Crippen LogP contribution is 2.30. The summed E-state index contributed by atoms with van der Waals surface area (Å²) in [6.07, 6.45) is 5.94. The first kappa shape index (κ1) is 18.2. The number of para-hydroxylation sites is 1. The maximum atomic E-state index is 13.2. The molecule has 1 aliphatic heterocycles. The first-order valence-electron chi connectivity index (χ1n) is 9.70. The van der Waals surface area contributed by atoms with Gasteiger partial charge in [0.2, 0.25) is 5.91 Å². The number of benzene rings is 1. The Balaban J connectivity index is 1.49. The van der Waals surface area contributed by atoms with Crippen molar-refractivity contribution in [2.75, 3.05) is 0 Å². The first-order chi connectivity index (χ1) is 13.0. The van der Waals surface area contributed by atoms with Crippen molar-refractivity contribution >= 4 is 5.91 Å². The molecule has 27 heavy (non-hydrogen) atoms. The zero-order valence-corrected chi connectivity index (χ0v) is 15.9. The number of aromatic nitrogens is 2. The molecule has 2 aliphatic rings. The number of nitrogens with zero attached hydrogens (tertiary/aromatic N) is 3. The average molecular weight is 368 g/mol. The molecule has 4 N–H and O–H groups in total. The van der Waals surface area contributed by atoms with E-state index in [-0.39, 0.29) is 23.9 Å². The molecule has 0 radical (unpaired) electrons. The fraction of sp³-hybridized carbons (Fsp3) is 0.500. The lowest BCUT2D eigenvalue weighted by Gasteiger charge is -2.30. The predicted octanol–water partition coefficient (Wildman–Crippen LogP) is 1.19. The van der Waals surface area contributed by atoms with E-state index in [1.54, 1.807) is 0 Å². The summed E-state index contributed by atoms with van der Waals surface area (Å²) in [7, 11) is 0. The standard InChI is InChI=1S/C20H28N6O/c1-13-18(14(2)24-23-13)19(21)20(27)25(16-8-9-16)11-15-10-22-26(12-15)17-6-4-3-5-7-17/h3-7,10,12-14,16,18-19,23-24H,8-9,11,21H2,1-2H3. The molecule has 1 aromatic heterocycles. The van der Waals surface area contributed by atoms with Gasteiger partial charge in [0.1, 0.15) is 0 Å². The second-order valence-corrected chi connectivity index (χ2v) is 7.80. The Kier molecular flexibility index (Phi) is 4.99. The number of nitrogens with one attached hydrogen (secondary N) is 2. The van der Waals surface area contributed by atoms with Crippen LogP contribution in [0, 0.1) is 5.92 Å². The molecule has 1 amide bonds. The fourth-order valence-electron chi connectivity index (χ4n) is 4.00. The van der Waals surface area contributed by atoms with Gasteiger partial charge in [-0.05, 0) is 38.8 Å². The van der Waals surface area contributed by atoms with Gasteiger partial charge in [-0.3, -0.25) is 15.6 Å². The minimum atomic E-state index is -0.512. The number of rotatable bonds is 6. The van der Waals surface area contributed by atoms with Crippen molar-refractivity contribution < 1.29 is 4.79 Å². The van der Waals surface area contributed by atoms with Gasteiger partial charge >= 0.3 is 0 Å². The van der Waals surface area contributed by atoms with Gasteiger partial charge in [-0.2, -0.15) is 5.10 Å². The van der Waals surface area contributed by atoms with Crippen LogP contribution in [0.4, 0.5) is 0 Å². The molecular formula is C20H28N6O. The molecule has 2 fully saturated rings. The average Bonchev–Trinajstić information content (AvgIpc) is 3.32. The van der Waals surface area contributed by atoms with Crippen LogP contribution in [-0.4, -0.2) is 44.8 Å². The van der Waals surface area contributed by atoms with Gasteiger partial charge in [0, 0.05) is 42.3 Å². The number of hydrogen-bond donors (Lipinski definition) is 3. The lowest BCUT2D eigenvalue weighted by molar-refractivity contribution is -0.135. The number of carbonyl (C=O) groups excluding carboxylic acids is 1. The van der Waals surface area contributed by atoms with Crippen LogP contribution in [0.2, 0.25) is 0 Å². The van der Waals surface area contributed by atoms with Crippen molar-refractivity contribution in [1.29, 1.82) is 0 Å². The molecule has 4 rings (SSSR count). The Morgan fingerprint density at radius 3 is 2.56 bits per heavy atom. The molecule has 3 unspecified atom stereocenters. The minimum Gasteiger partial charge on any atom is -0.334 e. The van der Waals surface area contributed by atoms with E-state index in [2.05, 4.69) is 29.8 Å². The van der Waals surface area contributed by atoms with E-state index in [1.165, 1.54) is 0 Å². The van der Waals surface area contributed by atoms with Crippen molar-refractivity contribution in [2.24, 2.45) is 11.7 Å². The maximum Gasteiger partial charge on any atom is 0.240 e. The van der Waals surface area contributed by atoms with Gasteiger partial charge in [0.25, 0.3) is 0 Å². The van der Waals surface area contributed by atoms with Gasteiger partial charge in [-0.25, -0.2) is 4.68 Å². The fourth-order valence-corrected chi connectivity index (χ4v) is 4.00. The van der Waals surface area contributed by atoms with E-state index in [0.29, 0.717) is 12.6 Å². The molecule has 3 atom stereocenters. The van der Waals surface area contributed by atoms with Crippen molar-refractivity contribution in [3.05, 3.63) is 48.3 Å². The SMILES string of the molecule is CC1NNC(C)C1C(N)C(=O)N(Cc1cnn(-c2ccccc2)c1)C1CC1. The molecule has 2 aromatic rings. The van der Waals surface area contributed by atoms with E-state index in [1.807, 2.05) is 52.3 Å². The highest BCUT2D eigenvalue weighted by atomic mass is 16.2. The topological polar surface area (TPSA) is 88.2 Å². The van der Waals surface area contributed by atoms with Gasteiger partial charge < -0.3 is 10.6 Å². The molecule has 7 nitrogen and oxygen atoms in total. The third-order valence-electron chi connectivity index (χ3n) is 5.67. The zero-order valence-electron chi connectivity index (χ0n) is 15.9. The van der Waals surface area contributed by atoms with Crippen molar-refractivity contribution in [3.8, 4) is 5.69 Å². The van der Waals surface area contributed by atoms with E-state index < -0.39 is 6.04 Å². The molecule has 1 saturated carbocycles. The second-order valence-electron chi connectivity index (χ2n) is 7.80. The smallest absolute Gasteiger partial charge is 0.240 e. The van der Waals surface area contributed by atoms with Crippen LogP contribution in [-0.2, 0) is 11.3 Å². The normalized spacial score (nSPS) is 26.1. The molecule has 1 aliphatic carbocycles. The first-order valence-corrected chi connectivity index (χ1v) is 9.70. The number of hydrazine groups is 1. The number of nitrogens with two attached hydrogens (primary N) is 1. The van der Waals surface area contributed by atoms with Gasteiger partial charge in [-0.15, -0.1) is 0 Å². The van der Waals surface area contributed by atoms with Crippen LogP contribution >= 0.6 is 0 Å². The summed E-state index contributed by atoms with van der Waals surface area (Å²) in [4.78, 5) is 15.2. The number of amides is 1. The van der Waals surface area contributed by atoms with Crippen LogP contribution in [0.5, 0.6) is 0 Å². The molecule has 1 aromatic carbocycles. The summed E-state index contributed by atoms with van der Waals surface area (Å²) in [5, 5.41) is 4.45. The van der Waals surface area contributed by atoms with Crippen LogP contribution in [0.15, 0.2) is 42.7 Å². The van der Waals surface area contributed by atoms with E-state index in [9.17, 15) is 4.79 Å². The molecule has 1 saturated heterocycles. The van der Waals surface area contributed by atoms with Crippen LogP contribution in [0.25, 0.3) is 5.69 Å². The molecule has 2 heterocycles. The van der Waals surface area contributed by atoms with E-state index >= 15 is 0 Å². The molecule has 0 bridgehead atoms. The summed E-state index contributed by atoms with van der Waals surface area (Å²) in [5.74, 6) is 0.116. The number of hydrogen-bond acceptors (Lipinski definition) is 5.